The lowest BCUT2D eigenvalue weighted by Crippen LogP contribution is -2.31. The molecule has 0 saturated heterocycles. The summed E-state index contributed by atoms with van der Waals surface area (Å²) in [7, 11) is 1.89. The molecule has 2 aromatic heterocycles. The summed E-state index contributed by atoms with van der Waals surface area (Å²) in [6.45, 7) is 0. The van der Waals surface area contributed by atoms with Crippen LogP contribution in [-0.2, 0) is 18.3 Å². The number of benzene rings is 2. The fraction of sp³-hybridized carbons (Fsp3) is 0.182. The zero-order valence-corrected chi connectivity index (χ0v) is 17.1. The molecular formula is C22H20ClN5O2. The Balaban J connectivity index is 1.44. The zero-order valence-electron chi connectivity index (χ0n) is 16.3. The maximum absolute atomic E-state index is 12.7. The second-order valence-corrected chi connectivity index (χ2v) is 7.26. The summed E-state index contributed by atoms with van der Waals surface area (Å²) in [5, 5.41) is 7.67. The fourth-order valence-electron chi connectivity index (χ4n) is 3.12. The first-order chi connectivity index (χ1) is 14.6. The smallest absolute Gasteiger partial charge is 0.227 e. The molecule has 152 valence electrons. The van der Waals surface area contributed by atoms with Gasteiger partial charge in [0.25, 0.3) is 0 Å². The summed E-state index contributed by atoms with van der Waals surface area (Å²) >= 11 is 6.01. The normalized spacial score (nSPS) is 11.9. The molecule has 2 heterocycles. The van der Waals surface area contributed by atoms with E-state index in [1.54, 1.807) is 18.3 Å². The Morgan fingerprint density at radius 2 is 1.93 bits per heavy atom. The molecule has 1 atom stereocenters. The van der Waals surface area contributed by atoms with Crippen molar-refractivity contribution in [3.8, 4) is 11.4 Å². The van der Waals surface area contributed by atoms with Crippen LogP contribution in [0.3, 0.4) is 0 Å². The maximum atomic E-state index is 12.7. The number of carbonyl (C=O) groups is 1. The highest BCUT2D eigenvalue weighted by Crippen LogP contribution is 2.23. The molecule has 2 aromatic carbocycles. The van der Waals surface area contributed by atoms with Gasteiger partial charge in [0.15, 0.2) is 0 Å². The summed E-state index contributed by atoms with van der Waals surface area (Å²) in [5.41, 5.74) is 1.76. The largest absolute Gasteiger partial charge is 0.342 e. The van der Waals surface area contributed by atoms with Crippen LogP contribution < -0.4 is 5.32 Å². The van der Waals surface area contributed by atoms with Gasteiger partial charge in [0.2, 0.25) is 17.6 Å². The van der Waals surface area contributed by atoms with Gasteiger partial charge in [-0.3, -0.25) is 4.79 Å². The average molecular weight is 422 g/mol. The highest BCUT2D eigenvalue weighted by Gasteiger charge is 2.21. The Morgan fingerprint density at radius 1 is 1.17 bits per heavy atom. The van der Waals surface area contributed by atoms with Crippen molar-refractivity contribution in [2.75, 3.05) is 0 Å². The number of aryl methyl sites for hydroxylation is 2. The van der Waals surface area contributed by atoms with Crippen LogP contribution in [0.5, 0.6) is 0 Å². The second kappa shape index (κ2) is 8.92. The quantitative estimate of drug-likeness (QED) is 0.488. The lowest BCUT2D eigenvalue weighted by atomic mass is 10.1. The molecule has 0 bridgehead atoms. The second-order valence-electron chi connectivity index (χ2n) is 6.83. The number of aromatic nitrogens is 4. The van der Waals surface area contributed by atoms with E-state index in [9.17, 15) is 4.79 Å². The number of amides is 1. The number of carbonyl (C=O) groups excluding carboxylic acids is 1. The number of hydrogen-bond acceptors (Lipinski definition) is 5. The van der Waals surface area contributed by atoms with E-state index < -0.39 is 6.04 Å². The van der Waals surface area contributed by atoms with Gasteiger partial charge in [-0.05, 0) is 17.7 Å². The molecule has 1 N–H and O–H groups in total. The van der Waals surface area contributed by atoms with Crippen molar-refractivity contribution in [1.29, 1.82) is 0 Å². The highest BCUT2D eigenvalue weighted by molar-refractivity contribution is 6.30. The van der Waals surface area contributed by atoms with Crippen molar-refractivity contribution >= 4 is 17.5 Å². The number of nitrogens with one attached hydrogen (secondary N) is 1. The van der Waals surface area contributed by atoms with Crippen molar-refractivity contribution in [3.63, 3.8) is 0 Å². The minimum absolute atomic E-state index is 0.141. The first-order valence-electron chi connectivity index (χ1n) is 9.50. The summed E-state index contributed by atoms with van der Waals surface area (Å²) in [6, 6.07) is 16.5. The molecule has 4 rings (SSSR count). The Labute approximate surface area is 178 Å². The van der Waals surface area contributed by atoms with Crippen molar-refractivity contribution in [2.45, 2.75) is 18.9 Å². The molecule has 0 radical (unpaired) electrons. The molecule has 0 saturated carbocycles. The zero-order chi connectivity index (χ0) is 20.9. The maximum Gasteiger partial charge on any atom is 0.227 e. The van der Waals surface area contributed by atoms with Gasteiger partial charge < -0.3 is 14.4 Å². The van der Waals surface area contributed by atoms with Gasteiger partial charge >= 0.3 is 0 Å². The van der Waals surface area contributed by atoms with Crippen LogP contribution in [-0.4, -0.2) is 25.6 Å². The third kappa shape index (κ3) is 4.58. The molecule has 0 aliphatic carbocycles. The molecule has 0 aliphatic heterocycles. The van der Waals surface area contributed by atoms with E-state index in [0.29, 0.717) is 23.2 Å². The molecule has 8 heteroatoms. The standard InChI is InChI=1S/C22H20ClN5O2/c1-28-14-13-24-22(28)20(15-7-9-17(23)10-8-15)25-18(29)11-12-19-26-21(27-30-19)16-5-3-2-4-6-16/h2-10,13-14,20H,11-12H2,1H3,(H,25,29)/t20-/m1/s1. The Morgan fingerprint density at radius 3 is 2.63 bits per heavy atom. The number of nitrogens with zero attached hydrogens (tertiary/aromatic N) is 4. The fourth-order valence-corrected chi connectivity index (χ4v) is 3.25. The van der Waals surface area contributed by atoms with E-state index in [1.807, 2.05) is 60.3 Å². The average Bonchev–Trinajstić information content (AvgIpc) is 3.41. The lowest BCUT2D eigenvalue weighted by Gasteiger charge is -2.19. The van der Waals surface area contributed by atoms with Crippen LogP contribution in [0.4, 0.5) is 0 Å². The molecule has 0 aliphatic rings. The third-order valence-electron chi connectivity index (χ3n) is 4.69. The van der Waals surface area contributed by atoms with Gasteiger partial charge in [0.1, 0.15) is 11.9 Å². The van der Waals surface area contributed by atoms with Crippen LogP contribution in [0.2, 0.25) is 5.02 Å². The van der Waals surface area contributed by atoms with E-state index in [1.165, 1.54) is 0 Å². The molecule has 0 fully saturated rings. The van der Waals surface area contributed by atoms with Crippen molar-refractivity contribution < 1.29 is 9.32 Å². The Kier molecular flexibility index (Phi) is 5.90. The summed E-state index contributed by atoms with van der Waals surface area (Å²) in [4.78, 5) is 21.5. The predicted molar refractivity (Wildman–Crippen MR) is 113 cm³/mol. The summed E-state index contributed by atoms with van der Waals surface area (Å²) < 4.78 is 7.17. The molecular weight excluding hydrogens is 402 g/mol. The van der Waals surface area contributed by atoms with Gasteiger partial charge in [0.05, 0.1) is 0 Å². The first-order valence-corrected chi connectivity index (χ1v) is 9.88. The first kappa shape index (κ1) is 19.8. The Hall–Kier alpha value is -3.45. The van der Waals surface area contributed by atoms with Crippen LogP contribution in [0.1, 0.15) is 29.7 Å². The van der Waals surface area contributed by atoms with E-state index in [2.05, 4.69) is 20.4 Å². The van der Waals surface area contributed by atoms with Gasteiger partial charge in [-0.2, -0.15) is 4.98 Å². The molecule has 7 nitrogen and oxygen atoms in total. The molecule has 0 spiro atoms. The van der Waals surface area contributed by atoms with Crippen molar-refractivity contribution in [3.05, 3.63) is 89.3 Å². The van der Waals surface area contributed by atoms with Crippen LogP contribution >= 0.6 is 11.6 Å². The van der Waals surface area contributed by atoms with E-state index in [0.717, 1.165) is 17.0 Å². The number of rotatable bonds is 7. The van der Waals surface area contributed by atoms with Gasteiger partial charge in [-0.1, -0.05) is 59.2 Å². The summed E-state index contributed by atoms with van der Waals surface area (Å²) in [5.74, 6) is 1.52. The van der Waals surface area contributed by atoms with Gasteiger partial charge in [-0.15, -0.1) is 0 Å². The third-order valence-corrected chi connectivity index (χ3v) is 4.94. The SMILES string of the molecule is Cn1ccnc1[C@H](NC(=O)CCc1nc(-c2ccccc2)no1)c1ccc(Cl)cc1. The van der Waals surface area contributed by atoms with E-state index >= 15 is 0 Å². The molecule has 4 aromatic rings. The number of halogens is 1. The van der Waals surface area contributed by atoms with E-state index in [4.69, 9.17) is 16.1 Å². The minimum atomic E-state index is -0.391. The lowest BCUT2D eigenvalue weighted by molar-refractivity contribution is -0.121. The van der Waals surface area contributed by atoms with Crippen molar-refractivity contribution in [2.24, 2.45) is 7.05 Å². The molecule has 0 unspecified atom stereocenters. The summed E-state index contributed by atoms with van der Waals surface area (Å²) in [6.07, 6.45) is 4.10. The number of imidazole rings is 1. The minimum Gasteiger partial charge on any atom is -0.342 e. The Bertz CT molecular complexity index is 1120. The van der Waals surface area contributed by atoms with Crippen molar-refractivity contribution in [1.82, 2.24) is 25.0 Å². The van der Waals surface area contributed by atoms with Crippen LogP contribution in [0.25, 0.3) is 11.4 Å². The van der Waals surface area contributed by atoms with Crippen LogP contribution in [0, 0.1) is 0 Å². The topological polar surface area (TPSA) is 85.8 Å². The van der Waals surface area contributed by atoms with Gasteiger partial charge in [-0.25, -0.2) is 4.98 Å². The monoisotopic (exact) mass is 421 g/mol. The van der Waals surface area contributed by atoms with Gasteiger partial charge in [0, 0.05) is 42.9 Å². The molecule has 30 heavy (non-hydrogen) atoms. The number of hydrogen-bond donors (Lipinski definition) is 1. The predicted octanol–water partition coefficient (Wildman–Crippen LogP) is 3.96. The highest BCUT2D eigenvalue weighted by atomic mass is 35.5. The van der Waals surface area contributed by atoms with Crippen LogP contribution in [0.15, 0.2) is 71.5 Å². The molecule has 1 amide bonds. The van der Waals surface area contributed by atoms with E-state index in [-0.39, 0.29) is 12.3 Å².